The lowest BCUT2D eigenvalue weighted by molar-refractivity contribution is -0.870. The highest BCUT2D eigenvalue weighted by Crippen LogP contribution is 2.43. The van der Waals surface area contributed by atoms with Crippen molar-refractivity contribution in [3.05, 3.63) is 12.2 Å². The fourth-order valence-corrected chi connectivity index (χ4v) is 9.82. The molecule has 416 valence electrons. The molecule has 0 spiro atoms. The number of carbonyl (C=O) groups excluding carboxylic acids is 2. The van der Waals surface area contributed by atoms with Crippen molar-refractivity contribution in [2.45, 2.75) is 315 Å². The van der Waals surface area contributed by atoms with Gasteiger partial charge in [-0.3, -0.25) is 18.6 Å². The van der Waals surface area contributed by atoms with Crippen LogP contribution >= 0.6 is 7.82 Å². The van der Waals surface area contributed by atoms with E-state index >= 15 is 0 Å². The summed E-state index contributed by atoms with van der Waals surface area (Å²) in [7, 11) is 1.48. The lowest BCUT2D eigenvalue weighted by Crippen LogP contribution is -2.37. The number of hydrogen-bond acceptors (Lipinski definition) is 7. The molecule has 70 heavy (non-hydrogen) atoms. The number of carbonyl (C=O) groups is 2. The number of esters is 2. The molecule has 0 aliphatic carbocycles. The topological polar surface area (TPSA) is 108 Å². The lowest BCUT2D eigenvalue weighted by atomic mass is 10.0. The summed E-state index contributed by atoms with van der Waals surface area (Å²) in [6.07, 6.45) is 61.6. The van der Waals surface area contributed by atoms with E-state index in [0.717, 1.165) is 32.1 Å². The van der Waals surface area contributed by atoms with E-state index in [4.69, 9.17) is 18.5 Å². The molecule has 0 aromatic carbocycles. The van der Waals surface area contributed by atoms with E-state index in [1.54, 1.807) is 0 Å². The van der Waals surface area contributed by atoms with Crippen LogP contribution in [0.1, 0.15) is 309 Å². The van der Waals surface area contributed by atoms with E-state index in [0.29, 0.717) is 23.9 Å². The highest BCUT2D eigenvalue weighted by atomic mass is 31.2. The molecule has 0 rings (SSSR count). The van der Waals surface area contributed by atoms with Gasteiger partial charge < -0.3 is 18.9 Å². The molecule has 0 bridgehead atoms. The first kappa shape index (κ1) is 68.8. The summed E-state index contributed by atoms with van der Waals surface area (Å²) >= 11 is 0. The van der Waals surface area contributed by atoms with Crippen LogP contribution < -0.4 is 0 Å². The lowest BCUT2D eigenvalue weighted by Gasteiger charge is -2.24. The molecule has 0 aliphatic heterocycles. The van der Waals surface area contributed by atoms with Crippen molar-refractivity contribution in [3.63, 3.8) is 0 Å². The van der Waals surface area contributed by atoms with Crippen LogP contribution in [0.5, 0.6) is 0 Å². The van der Waals surface area contributed by atoms with Crippen molar-refractivity contribution in [2.24, 2.45) is 0 Å². The molecule has 1 N–H and O–H groups in total. The number of rotatable bonds is 57. The second kappa shape index (κ2) is 52.6. The Balaban J connectivity index is 4.12. The number of quaternary nitrogens is 1. The third-order valence-electron chi connectivity index (χ3n) is 13.8. The van der Waals surface area contributed by atoms with E-state index in [1.165, 1.54) is 244 Å². The second-order valence-electron chi connectivity index (χ2n) is 22.1. The van der Waals surface area contributed by atoms with Crippen LogP contribution in [0.4, 0.5) is 0 Å². The third kappa shape index (κ3) is 56.1. The summed E-state index contributed by atoms with van der Waals surface area (Å²) in [5, 5.41) is 0. The molecule has 0 amide bonds. The maximum absolute atomic E-state index is 12.8. The molecule has 0 heterocycles. The zero-order chi connectivity index (χ0) is 51.3. The van der Waals surface area contributed by atoms with E-state index in [1.807, 2.05) is 21.1 Å². The van der Waals surface area contributed by atoms with Gasteiger partial charge in [-0.25, -0.2) is 4.57 Å². The minimum atomic E-state index is -4.39. The number of nitrogens with zero attached hydrogens (tertiary/aromatic N) is 1. The first-order chi connectivity index (χ1) is 34.0. The maximum atomic E-state index is 12.8. The standard InChI is InChI=1S/C60H118NO8P/c1-6-8-10-12-14-16-18-20-22-24-26-28-30-32-34-36-38-40-42-44-46-48-50-52-59(62)66-56-58(57-68-70(64,65)67-55-54-61(3,4)5)69-60(63)53-51-49-47-45-43-41-39-37-35-33-31-29-27-25-23-21-19-17-15-13-11-9-7-2/h45,47,58H,6-44,46,48-57H2,1-5H3/p+1/b47-45+/t58-/m1/s1. The second-order valence-corrected chi connectivity index (χ2v) is 23.6. The Morgan fingerprint density at radius 2 is 0.743 bits per heavy atom. The van der Waals surface area contributed by atoms with Crippen molar-refractivity contribution < 1.29 is 42.1 Å². The molecule has 0 saturated carbocycles. The normalized spacial score (nSPS) is 13.3. The number of allylic oxidation sites excluding steroid dienone is 2. The molecule has 2 atom stereocenters. The van der Waals surface area contributed by atoms with Crippen LogP contribution in [0.25, 0.3) is 0 Å². The molecule has 10 heteroatoms. The Labute approximate surface area is 435 Å². The molecule has 0 aliphatic rings. The molecule has 0 aromatic heterocycles. The largest absolute Gasteiger partial charge is 0.472 e. The summed E-state index contributed by atoms with van der Waals surface area (Å²) in [6, 6.07) is 0. The van der Waals surface area contributed by atoms with Gasteiger partial charge in [-0.15, -0.1) is 0 Å². The zero-order valence-electron chi connectivity index (χ0n) is 47.3. The van der Waals surface area contributed by atoms with Gasteiger partial charge in [-0.2, -0.15) is 0 Å². The Kier molecular flexibility index (Phi) is 51.7. The molecule has 0 saturated heterocycles. The summed E-state index contributed by atoms with van der Waals surface area (Å²) in [6.45, 7) is 4.47. The fourth-order valence-electron chi connectivity index (χ4n) is 9.08. The molecule has 0 aromatic rings. The fraction of sp³-hybridized carbons (Fsp3) is 0.933. The highest BCUT2D eigenvalue weighted by molar-refractivity contribution is 7.47. The first-order valence-electron chi connectivity index (χ1n) is 30.4. The van der Waals surface area contributed by atoms with Gasteiger partial charge in [-0.05, 0) is 32.1 Å². The Morgan fingerprint density at radius 3 is 1.10 bits per heavy atom. The number of hydrogen-bond donors (Lipinski definition) is 1. The van der Waals surface area contributed by atoms with Gasteiger partial charge in [0.2, 0.25) is 0 Å². The Morgan fingerprint density at radius 1 is 0.429 bits per heavy atom. The maximum Gasteiger partial charge on any atom is 0.472 e. The van der Waals surface area contributed by atoms with Crippen LogP contribution in [-0.4, -0.2) is 74.9 Å². The molecule has 0 fully saturated rings. The molecule has 0 radical (unpaired) electrons. The average molecular weight is 1010 g/mol. The van der Waals surface area contributed by atoms with Gasteiger partial charge in [-0.1, -0.05) is 276 Å². The molecular formula is C60H119NO8P+. The summed E-state index contributed by atoms with van der Waals surface area (Å²) in [4.78, 5) is 35.7. The van der Waals surface area contributed by atoms with Crippen LogP contribution in [0.15, 0.2) is 12.2 Å². The van der Waals surface area contributed by atoms with Gasteiger partial charge in [0.25, 0.3) is 0 Å². The Bertz CT molecular complexity index is 1190. The minimum absolute atomic E-state index is 0.0311. The van der Waals surface area contributed by atoms with Gasteiger partial charge in [0, 0.05) is 12.8 Å². The van der Waals surface area contributed by atoms with Crippen molar-refractivity contribution in [1.82, 2.24) is 0 Å². The van der Waals surface area contributed by atoms with E-state index in [2.05, 4.69) is 26.0 Å². The molecular weight excluding hydrogens is 894 g/mol. The summed E-state index contributed by atoms with van der Waals surface area (Å²) < 4.78 is 34.6. The van der Waals surface area contributed by atoms with Crippen molar-refractivity contribution >= 4 is 19.8 Å². The predicted octanol–water partition coefficient (Wildman–Crippen LogP) is 18.8. The van der Waals surface area contributed by atoms with Gasteiger partial charge in [0.15, 0.2) is 6.10 Å². The van der Waals surface area contributed by atoms with Gasteiger partial charge >= 0.3 is 19.8 Å². The Hall–Kier alpha value is -1.25. The van der Waals surface area contributed by atoms with Crippen LogP contribution in [-0.2, 0) is 32.7 Å². The summed E-state index contributed by atoms with van der Waals surface area (Å²) in [5.41, 5.74) is 0. The van der Waals surface area contributed by atoms with Crippen molar-refractivity contribution in [3.8, 4) is 0 Å². The highest BCUT2D eigenvalue weighted by Gasteiger charge is 2.27. The van der Waals surface area contributed by atoms with E-state index < -0.39 is 26.5 Å². The molecule has 9 nitrogen and oxygen atoms in total. The summed E-state index contributed by atoms with van der Waals surface area (Å²) in [5.74, 6) is -0.814. The molecule has 1 unspecified atom stereocenters. The number of phosphoric ester groups is 1. The predicted molar refractivity (Wildman–Crippen MR) is 298 cm³/mol. The first-order valence-corrected chi connectivity index (χ1v) is 31.9. The van der Waals surface area contributed by atoms with E-state index in [-0.39, 0.29) is 25.6 Å². The van der Waals surface area contributed by atoms with Crippen LogP contribution in [0.2, 0.25) is 0 Å². The van der Waals surface area contributed by atoms with Crippen molar-refractivity contribution in [1.29, 1.82) is 0 Å². The SMILES string of the molecule is CCCCCCCCCCCCCCCCCCCC/C=C/CCCC(=O)O[C@H](COC(=O)CCCCCCCCCCCCCCCCCCCCCCCCC)COP(=O)(O)OCC[N+](C)(C)C. The van der Waals surface area contributed by atoms with Crippen LogP contribution in [0, 0.1) is 0 Å². The number of unbranched alkanes of at least 4 members (excludes halogenated alkanes) is 41. The van der Waals surface area contributed by atoms with Gasteiger partial charge in [0.05, 0.1) is 27.7 Å². The average Bonchev–Trinajstić information content (AvgIpc) is 3.32. The third-order valence-corrected chi connectivity index (χ3v) is 14.8. The minimum Gasteiger partial charge on any atom is -0.462 e. The van der Waals surface area contributed by atoms with Crippen LogP contribution in [0.3, 0.4) is 0 Å². The zero-order valence-corrected chi connectivity index (χ0v) is 48.2. The number of phosphoric acid groups is 1. The monoisotopic (exact) mass is 1010 g/mol. The quantitative estimate of drug-likeness (QED) is 0.0211. The smallest absolute Gasteiger partial charge is 0.462 e. The van der Waals surface area contributed by atoms with Gasteiger partial charge in [0.1, 0.15) is 19.8 Å². The number of ether oxygens (including phenoxy) is 2. The number of likely N-dealkylation sites (N-methyl/N-ethyl adjacent to an activating group) is 1. The van der Waals surface area contributed by atoms with Crippen molar-refractivity contribution in [2.75, 3.05) is 47.5 Å². The van der Waals surface area contributed by atoms with E-state index in [9.17, 15) is 19.0 Å².